The first-order valence-corrected chi connectivity index (χ1v) is 6.57. The van der Waals surface area contributed by atoms with Crippen molar-refractivity contribution in [2.24, 2.45) is 0 Å². The fourth-order valence-electron chi connectivity index (χ4n) is 1.75. The van der Waals surface area contributed by atoms with Crippen molar-refractivity contribution in [1.82, 2.24) is 10.2 Å². The molecule has 2 rings (SSSR count). The van der Waals surface area contributed by atoms with Gasteiger partial charge in [0.1, 0.15) is 10.7 Å². The SMILES string of the molecule is CC(=O)N(c1nnc(C)s1)c1ccc(C)cc1[N+](=O)[O-]. The molecule has 0 spiro atoms. The number of benzene rings is 1. The first-order chi connectivity index (χ1) is 9.40. The molecule has 0 radical (unpaired) electrons. The lowest BCUT2D eigenvalue weighted by Gasteiger charge is -2.17. The van der Waals surface area contributed by atoms with E-state index in [1.165, 1.54) is 29.2 Å². The summed E-state index contributed by atoms with van der Waals surface area (Å²) in [6.07, 6.45) is 0. The second kappa shape index (κ2) is 5.33. The van der Waals surface area contributed by atoms with Crippen LogP contribution < -0.4 is 4.90 Å². The maximum absolute atomic E-state index is 11.9. The summed E-state index contributed by atoms with van der Waals surface area (Å²) in [6.45, 7) is 4.84. The summed E-state index contributed by atoms with van der Waals surface area (Å²) in [4.78, 5) is 23.7. The zero-order valence-electron chi connectivity index (χ0n) is 11.2. The van der Waals surface area contributed by atoms with Crippen LogP contribution in [0.4, 0.5) is 16.5 Å². The van der Waals surface area contributed by atoms with E-state index in [0.717, 1.165) is 5.56 Å². The molecular weight excluding hydrogens is 280 g/mol. The fourth-order valence-corrected chi connectivity index (χ4v) is 2.50. The van der Waals surface area contributed by atoms with Crippen LogP contribution in [-0.2, 0) is 4.79 Å². The van der Waals surface area contributed by atoms with Crippen molar-refractivity contribution < 1.29 is 9.72 Å². The Kier molecular flexibility index (Phi) is 3.75. The Balaban J connectivity index is 2.61. The molecule has 2 aromatic rings. The Morgan fingerprint density at radius 3 is 2.55 bits per heavy atom. The molecule has 0 aliphatic rings. The quantitative estimate of drug-likeness (QED) is 0.641. The van der Waals surface area contributed by atoms with Gasteiger partial charge in [-0.15, -0.1) is 10.2 Å². The number of hydrogen-bond acceptors (Lipinski definition) is 6. The van der Waals surface area contributed by atoms with Crippen molar-refractivity contribution >= 4 is 33.8 Å². The minimum atomic E-state index is -0.508. The van der Waals surface area contributed by atoms with Crippen LogP contribution in [0.1, 0.15) is 17.5 Å². The molecule has 7 nitrogen and oxygen atoms in total. The summed E-state index contributed by atoms with van der Waals surface area (Å²) >= 11 is 1.20. The highest BCUT2D eigenvalue weighted by atomic mass is 32.1. The van der Waals surface area contributed by atoms with Gasteiger partial charge in [0, 0.05) is 13.0 Å². The van der Waals surface area contributed by atoms with Gasteiger partial charge in [0.2, 0.25) is 11.0 Å². The fraction of sp³-hybridized carbons (Fsp3) is 0.250. The smallest absolute Gasteiger partial charge is 0.274 e. The van der Waals surface area contributed by atoms with Gasteiger partial charge in [0.15, 0.2) is 0 Å². The number of nitro groups is 1. The summed E-state index contributed by atoms with van der Waals surface area (Å²) in [5, 5.41) is 19.9. The number of anilines is 2. The normalized spacial score (nSPS) is 10.3. The summed E-state index contributed by atoms with van der Waals surface area (Å²) in [6, 6.07) is 4.69. The number of carbonyl (C=O) groups excluding carboxylic acids is 1. The number of aromatic nitrogens is 2. The lowest BCUT2D eigenvalue weighted by Crippen LogP contribution is -2.23. The number of nitro benzene ring substituents is 1. The van der Waals surface area contributed by atoms with Crippen LogP contribution in [0.3, 0.4) is 0 Å². The zero-order chi connectivity index (χ0) is 14.9. The minimum absolute atomic E-state index is 0.131. The lowest BCUT2D eigenvalue weighted by atomic mass is 10.2. The first kappa shape index (κ1) is 14.1. The largest absolute Gasteiger partial charge is 0.293 e. The van der Waals surface area contributed by atoms with Crippen molar-refractivity contribution in [2.75, 3.05) is 4.90 Å². The van der Waals surface area contributed by atoms with E-state index in [4.69, 9.17) is 0 Å². The van der Waals surface area contributed by atoms with Crippen LogP contribution in [0.2, 0.25) is 0 Å². The third-order valence-corrected chi connectivity index (χ3v) is 3.41. The van der Waals surface area contributed by atoms with Gasteiger partial charge < -0.3 is 0 Å². The molecule has 0 aliphatic heterocycles. The second-order valence-electron chi connectivity index (χ2n) is 4.21. The molecule has 104 valence electrons. The van der Waals surface area contributed by atoms with Gasteiger partial charge in [-0.25, -0.2) is 4.90 Å². The second-order valence-corrected chi connectivity index (χ2v) is 5.37. The van der Waals surface area contributed by atoms with Gasteiger partial charge in [0.25, 0.3) is 5.69 Å². The Morgan fingerprint density at radius 1 is 1.35 bits per heavy atom. The van der Waals surface area contributed by atoms with Gasteiger partial charge >= 0.3 is 0 Å². The summed E-state index contributed by atoms with van der Waals surface area (Å²) in [5.41, 5.74) is 0.815. The van der Waals surface area contributed by atoms with Crippen molar-refractivity contribution in [3.63, 3.8) is 0 Å². The monoisotopic (exact) mass is 292 g/mol. The van der Waals surface area contributed by atoms with Gasteiger partial charge in [-0.05, 0) is 25.5 Å². The number of nitrogens with zero attached hydrogens (tertiary/aromatic N) is 4. The van der Waals surface area contributed by atoms with E-state index in [1.54, 1.807) is 26.0 Å². The summed E-state index contributed by atoms with van der Waals surface area (Å²) < 4.78 is 0. The minimum Gasteiger partial charge on any atom is -0.274 e. The van der Waals surface area contributed by atoms with Gasteiger partial charge in [-0.1, -0.05) is 17.4 Å². The van der Waals surface area contributed by atoms with Crippen molar-refractivity contribution in [3.8, 4) is 0 Å². The number of aryl methyl sites for hydroxylation is 2. The predicted molar refractivity (Wildman–Crippen MR) is 75.3 cm³/mol. The third kappa shape index (κ3) is 2.64. The molecule has 20 heavy (non-hydrogen) atoms. The number of hydrogen-bond donors (Lipinski definition) is 0. The maximum Gasteiger partial charge on any atom is 0.293 e. The maximum atomic E-state index is 11.9. The average Bonchev–Trinajstić information content (AvgIpc) is 2.77. The molecule has 0 fully saturated rings. The lowest BCUT2D eigenvalue weighted by molar-refractivity contribution is -0.384. The molecule has 0 atom stereocenters. The van der Waals surface area contributed by atoms with E-state index in [0.29, 0.717) is 10.1 Å². The standard InChI is InChI=1S/C12H12N4O3S/c1-7-4-5-10(11(6-7)16(18)19)15(9(3)17)12-14-13-8(2)20-12/h4-6H,1-3H3. The van der Waals surface area contributed by atoms with Crippen LogP contribution in [0, 0.1) is 24.0 Å². The van der Waals surface area contributed by atoms with Gasteiger partial charge in [-0.2, -0.15) is 0 Å². The number of amides is 1. The van der Waals surface area contributed by atoms with Gasteiger partial charge in [0.05, 0.1) is 4.92 Å². The highest BCUT2D eigenvalue weighted by Crippen LogP contribution is 2.35. The van der Waals surface area contributed by atoms with Crippen molar-refractivity contribution in [2.45, 2.75) is 20.8 Å². The molecule has 0 unspecified atom stereocenters. The molecule has 8 heteroatoms. The molecule has 1 heterocycles. The van der Waals surface area contributed by atoms with Crippen LogP contribution in [-0.4, -0.2) is 21.0 Å². The molecule has 1 aromatic carbocycles. The van der Waals surface area contributed by atoms with E-state index in [1.807, 2.05) is 0 Å². The Morgan fingerprint density at radius 2 is 2.05 bits per heavy atom. The van der Waals surface area contributed by atoms with Crippen LogP contribution in [0.25, 0.3) is 0 Å². The van der Waals surface area contributed by atoms with E-state index < -0.39 is 4.92 Å². The van der Waals surface area contributed by atoms with E-state index >= 15 is 0 Å². The van der Waals surface area contributed by atoms with Crippen LogP contribution in [0.5, 0.6) is 0 Å². The zero-order valence-corrected chi connectivity index (χ0v) is 12.0. The van der Waals surface area contributed by atoms with Gasteiger partial charge in [-0.3, -0.25) is 14.9 Å². The van der Waals surface area contributed by atoms with Crippen LogP contribution in [0.15, 0.2) is 18.2 Å². The van der Waals surface area contributed by atoms with E-state index in [9.17, 15) is 14.9 Å². The Bertz CT molecular complexity index is 683. The molecule has 1 aromatic heterocycles. The first-order valence-electron chi connectivity index (χ1n) is 5.76. The van der Waals surface area contributed by atoms with Crippen molar-refractivity contribution in [3.05, 3.63) is 38.9 Å². The Labute approximate surface area is 119 Å². The van der Waals surface area contributed by atoms with Crippen molar-refractivity contribution in [1.29, 1.82) is 0 Å². The molecule has 0 saturated heterocycles. The number of carbonyl (C=O) groups is 1. The molecule has 0 N–H and O–H groups in total. The van der Waals surface area contributed by atoms with E-state index in [-0.39, 0.29) is 17.3 Å². The molecule has 0 bridgehead atoms. The summed E-state index contributed by atoms with van der Waals surface area (Å²) in [7, 11) is 0. The van der Waals surface area contributed by atoms with E-state index in [2.05, 4.69) is 10.2 Å². The molecule has 0 saturated carbocycles. The predicted octanol–water partition coefficient (Wildman–Crippen LogP) is 2.75. The molecule has 1 amide bonds. The molecular formula is C12H12N4O3S. The molecule has 0 aliphatic carbocycles. The third-order valence-electron chi connectivity index (χ3n) is 2.59. The number of rotatable bonds is 3. The average molecular weight is 292 g/mol. The van der Waals surface area contributed by atoms with Crippen LogP contribution >= 0.6 is 11.3 Å². The highest BCUT2D eigenvalue weighted by Gasteiger charge is 2.26. The Hall–Kier alpha value is -2.35. The topological polar surface area (TPSA) is 89.2 Å². The summed E-state index contributed by atoms with van der Waals surface area (Å²) in [5.74, 6) is -0.354. The highest BCUT2D eigenvalue weighted by molar-refractivity contribution is 7.15.